The predicted octanol–water partition coefficient (Wildman–Crippen LogP) is 3.37. The molecule has 2 aromatic rings. The average molecular weight is 454 g/mol. The number of carbonyl (C=O) groups excluding carboxylic acids is 2. The lowest BCUT2D eigenvalue weighted by molar-refractivity contribution is 0.0678. The summed E-state index contributed by atoms with van der Waals surface area (Å²) in [6, 6.07) is 8.94. The molecule has 1 atom stereocenters. The number of nitrogens with zero attached hydrogens (tertiary/aromatic N) is 2. The third kappa shape index (κ3) is 6.54. The molecule has 0 saturated heterocycles. The van der Waals surface area contributed by atoms with Crippen molar-refractivity contribution in [3.8, 4) is 0 Å². The van der Waals surface area contributed by atoms with Gasteiger partial charge < -0.3 is 19.9 Å². The Balaban J connectivity index is 1.88. The molecule has 33 heavy (non-hydrogen) atoms. The number of hydrogen-bond acceptors (Lipinski definition) is 4. The molecule has 2 amide bonds. The summed E-state index contributed by atoms with van der Waals surface area (Å²) in [5.74, 6) is -0.525. The van der Waals surface area contributed by atoms with Crippen molar-refractivity contribution in [2.24, 2.45) is 5.92 Å². The number of aliphatic hydroxyl groups excluding tert-OH is 1. The van der Waals surface area contributed by atoms with Crippen LogP contribution in [0.4, 0.5) is 0 Å². The molecule has 1 aromatic carbocycles. The second kappa shape index (κ2) is 11.3. The van der Waals surface area contributed by atoms with Crippen LogP contribution in [-0.4, -0.2) is 46.0 Å². The number of rotatable bonds is 8. The zero-order valence-corrected chi connectivity index (χ0v) is 19.8. The fraction of sp³-hybridized carbons (Fsp3) is 0.500. The van der Waals surface area contributed by atoms with E-state index in [1.807, 2.05) is 36.6 Å². The van der Waals surface area contributed by atoms with E-state index in [4.69, 9.17) is 0 Å². The Labute approximate surface area is 195 Å². The highest BCUT2D eigenvalue weighted by atomic mass is 16.3. The molecule has 0 aliphatic heterocycles. The Hall–Kier alpha value is -2.93. The van der Waals surface area contributed by atoms with Gasteiger partial charge in [0.15, 0.2) is 0 Å². The molecule has 7 heteroatoms. The van der Waals surface area contributed by atoms with Crippen LogP contribution in [-0.2, 0) is 6.54 Å². The summed E-state index contributed by atoms with van der Waals surface area (Å²) in [6.07, 6.45) is 8.06. The minimum Gasteiger partial charge on any atom is -0.387 e. The van der Waals surface area contributed by atoms with Gasteiger partial charge in [-0.05, 0) is 38.2 Å². The molecule has 2 N–H and O–H groups in total. The van der Waals surface area contributed by atoms with E-state index >= 15 is 0 Å². The molecule has 1 saturated carbocycles. The van der Waals surface area contributed by atoms with E-state index in [0.29, 0.717) is 18.0 Å². The second-order valence-corrected chi connectivity index (χ2v) is 9.36. The zero-order valence-electron chi connectivity index (χ0n) is 19.8. The van der Waals surface area contributed by atoms with Crippen LogP contribution in [0.3, 0.4) is 0 Å². The van der Waals surface area contributed by atoms with E-state index in [0.717, 1.165) is 12.8 Å². The lowest BCUT2D eigenvalue weighted by Crippen LogP contribution is -2.39. The number of aromatic nitrogens is 1. The van der Waals surface area contributed by atoms with Gasteiger partial charge in [-0.1, -0.05) is 49.6 Å². The topological polar surface area (TPSA) is 91.6 Å². The number of benzene rings is 1. The van der Waals surface area contributed by atoms with Crippen LogP contribution in [0, 0.1) is 5.92 Å². The highest BCUT2D eigenvalue weighted by molar-refractivity contribution is 5.99. The SMILES string of the molecule is CC(C)NC(=O)c1cn(CC2CCCCC2)cc(C(=O)N(C)CC(O)c2ccccc2)c1=O. The average Bonchev–Trinajstić information content (AvgIpc) is 2.80. The van der Waals surface area contributed by atoms with Gasteiger partial charge in [0.25, 0.3) is 11.8 Å². The van der Waals surface area contributed by atoms with Gasteiger partial charge in [-0.3, -0.25) is 14.4 Å². The van der Waals surface area contributed by atoms with Crippen LogP contribution >= 0.6 is 0 Å². The highest BCUT2D eigenvalue weighted by Crippen LogP contribution is 2.25. The van der Waals surface area contributed by atoms with E-state index in [-0.39, 0.29) is 23.7 Å². The minimum atomic E-state index is -0.878. The first-order valence-electron chi connectivity index (χ1n) is 11.8. The largest absolute Gasteiger partial charge is 0.387 e. The monoisotopic (exact) mass is 453 g/mol. The van der Waals surface area contributed by atoms with Crippen molar-refractivity contribution in [1.82, 2.24) is 14.8 Å². The van der Waals surface area contributed by atoms with Crippen molar-refractivity contribution in [2.45, 2.75) is 64.6 Å². The highest BCUT2D eigenvalue weighted by Gasteiger charge is 2.24. The third-order valence-electron chi connectivity index (χ3n) is 6.15. The molecular formula is C26H35N3O4. The van der Waals surface area contributed by atoms with Crippen LogP contribution in [0.5, 0.6) is 0 Å². The quantitative estimate of drug-likeness (QED) is 0.641. The number of nitrogens with one attached hydrogen (secondary N) is 1. The number of amides is 2. The molecule has 1 aliphatic carbocycles. The summed E-state index contributed by atoms with van der Waals surface area (Å²) < 4.78 is 1.82. The number of pyridine rings is 1. The predicted molar refractivity (Wildman–Crippen MR) is 128 cm³/mol. The molecule has 0 bridgehead atoms. The van der Waals surface area contributed by atoms with Gasteiger partial charge in [-0.15, -0.1) is 0 Å². The molecule has 1 aliphatic rings. The van der Waals surface area contributed by atoms with Crippen molar-refractivity contribution < 1.29 is 14.7 Å². The summed E-state index contributed by atoms with van der Waals surface area (Å²) in [7, 11) is 1.56. The number of aliphatic hydroxyl groups is 1. The number of likely N-dealkylation sites (N-methyl/N-ethyl adjacent to an activating group) is 1. The molecule has 0 radical (unpaired) electrons. The zero-order chi connectivity index (χ0) is 24.0. The van der Waals surface area contributed by atoms with Gasteiger partial charge in [0.1, 0.15) is 11.1 Å². The number of carbonyl (C=O) groups is 2. The standard InChI is InChI=1S/C26H35N3O4/c1-18(2)27-25(32)21-15-29(14-19-10-6-4-7-11-19)16-22(24(21)31)26(33)28(3)17-23(30)20-12-8-5-9-13-20/h5,8-9,12-13,15-16,18-19,23,30H,4,6-7,10-11,14,17H2,1-3H3,(H,27,32). The van der Waals surface area contributed by atoms with Gasteiger partial charge in [-0.2, -0.15) is 0 Å². The van der Waals surface area contributed by atoms with Crippen molar-refractivity contribution in [2.75, 3.05) is 13.6 Å². The molecule has 1 aromatic heterocycles. The Bertz CT molecular complexity index is 1010. The molecular weight excluding hydrogens is 418 g/mol. The van der Waals surface area contributed by atoms with E-state index in [9.17, 15) is 19.5 Å². The maximum absolute atomic E-state index is 13.2. The first-order valence-corrected chi connectivity index (χ1v) is 11.8. The third-order valence-corrected chi connectivity index (χ3v) is 6.15. The Kier molecular flexibility index (Phi) is 8.44. The first-order chi connectivity index (χ1) is 15.8. The normalized spacial score (nSPS) is 15.3. The summed E-state index contributed by atoms with van der Waals surface area (Å²) in [5.41, 5.74) is 0.0309. The molecule has 7 nitrogen and oxygen atoms in total. The summed E-state index contributed by atoms with van der Waals surface area (Å²) in [6.45, 7) is 4.35. The Morgan fingerprint density at radius 2 is 1.73 bits per heavy atom. The molecule has 3 rings (SSSR count). The van der Waals surface area contributed by atoms with Crippen LogP contribution in [0.15, 0.2) is 47.5 Å². The van der Waals surface area contributed by atoms with E-state index in [1.165, 1.54) is 24.2 Å². The summed E-state index contributed by atoms with van der Waals surface area (Å²) in [5, 5.41) is 13.3. The van der Waals surface area contributed by atoms with E-state index < -0.39 is 23.3 Å². The van der Waals surface area contributed by atoms with Gasteiger partial charge in [0.2, 0.25) is 5.43 Å². The molecule has 1 fully saturated rings. The maximum atomic E-state index is 13.2. The van der Waals surface area contributed by atoms with E-state index in [1.54, 1.807) is 31.6 Å². The van der Waals surface area contributed by atoms with E-state index in [2.05, 4.69) is 5.32 Å². The minimum absolute atomic E-state index is 0.0256. The maximum Gasteiger partial charge on any atom is 0.259 e. The lowest BCUT2D eigenvalue weighted by Gasteiger charge is -2.24. The molecule has 178 valence electrons. The van der Waals surface area contributed by atoms with Crippen LogP contribution in [0.25, 0.3) is 0 Å². The number of hydrogen-bond donors (Lipinski definition) is 2. The van der Waals surface area contributed by atoms with Crippen molar-refractivity contribution in [1.29, 1.82) is 0 Å². The smallest absolute Gasteiger partial charge is 0.259 e. The molecule has 0 spiro atoms. The van der Waals surface area contributed by atoms with Gasteiger partial charge >= 0.3 is 0 Å². The Morgan fingerprint density at radius 1 is 1.09 bits per heavy atom. The Morgan fingerprint density at radius 3 is 2.36 bits per heavy atom. The van der Waals surface area contributed by atoms with Crippen molar-refractivity contribution >= 4 is 11.8 Å². The van der Waals surface area contributed by atoms with Gasteiger partial charge in [0.05, 0.1) is 12.6 Å². The molecule has 1 unspecified atom stereocenters. The fourth-order valence-electron chi connectivity index (χ4n) is 4.39. The van der Waals surface area contributed by atoms with Crippen molar-refractivity contribution in [3.63, 3.8) is 0 Å². The first kappa shape index (κ1) is 24.7. The fourth-order valence-corrected chi connectivity index (χ4v) is 4.39. The van der Waals surface area contributed by atoms with Gasteiger partial charge in [0, 0.05) is 32.0 Å². The van der Waals surface area contributed by atoms with Crippen LogP contribution < -0.4 is 10.7 Å². The van der Waals surface area contributed by atoms with Gasteiger partial charge in [-0.25, -0.2) is 0 Å². The van der Waals surface area contributed by atoms with Crippen LogP contribution in [0.2, 0.25) is 0 Å². The second-order valence-electron chi connectivity index (χ2n) is 9.36. The van der Waals surface area contributed by atoms with Crippen LogP contribution in [0.1, 0.15) is 78.3 Å². The summed E-state index contributed by atoms with van der Waals surface area (Å²) in [4.78, 5) is 40.5. The lowest BCUT2D eigenvalue weighted by atomic mass is 9.89. The molecule has 1 heterocycles. The summed E-state index contributed by atoms with van der Waals surface area (Å²) >= 11 is 0. The van der Waals surface area contributed by atoms with Crippen molar-refractivity contribution in [3.05, 3.63) is 69.6 Å².